The Morgan fingerprint density at radius 1 is 1.12 bits per heavy atom. The molecule has 2 aliphatic heterocycles. The molecule has 0 saturated carbocycles. The Bertz CT molecular complexity index is 713. The van der Waals surface area contributed by atoms with Crippen molar-refractivity contribution < 1.29 is 4.79 Å². The minimum atomic E-state index is 0.00997. The number of likely N-dealkylation sites (N-methyl/N-ethyl adjacent to an activating group) is 1. The summed E-state index contributed by atoms with van der Waals surface area (Å²) in [7, 11) is 1.91. The molecule has 1 amide bonds. The molecule has 2 aliphatic rings. The van der Waals surface area contributed by atoms with Crippen LogP contribution in [0, 0.1) is 0 Å². The Kier molecular flexibility index (Phi) is 4.08. The van der Waals surface area contributed by atoms with E-state index in [1.807, 2.05) is 42.5 Å². The largest absolute Gasteiger partial charge is 0.343 e. The van der Waals surface area contributed by atoms with Crippen LogP contribution in [0.15, 0.2) is 42.7 Å². The lowest BCUT2D eigenvalue weighted by molar-refractivity contribution is -0.143. The summed E-state index contributed by atoms with van der Waals surface area (Å²) in [6.45, 7) is 5.44. The maximum absolute atomic E-state index is 12.4. The lowest BCUT2D eigenvalue weighted by atomic mass is 10.1. The molecule has 4 rings (SSSR count). The summed E-state index contributed by atoms with van der Waals surface area (Å²) in [5, 5.41) is 0. The molecular formula is C18H23N5O. The summed E-state index contributed by atoms with van der Waals surface area (Å²) in [4.78, 5) is 23.5. The highest BCUT2D eigenvalue weighted by molar-refractivity contribution is 5.82. The average Bonchev–Trinajstić information content (AvgIpc) is 3.07. The van der Waals surface area contributed by atoms with Crippen molar-refractivity contribution >= 4 is 5.91 Å². The number of rotatable bonds is 3. The van der Waals surface area contributed by atoms with Crippen molar-refractivity contribution in [3.05, 3.63) is 48.4 Å². The third-order valence-corrected chi connectivity index (χ3v) is 5.07. The van der Waals surface area contributed by atoms with Gasteiger partial charge in [0.05, 0.1) is 0 Å². The molecule has 1 unspecified atom stereocenters. The highest BCUT2D eigenvalue weighted by Gasteiger charge is 2.37. The third-order valence-electron chi connectivity index (χ3n) is 5.07. The van der Waals surface area contributed by atoms with Gasteiger partial charge in [0.25, 0.3) is 0 Å². The molecule has 24 heavy (non-hydrogen) atoms. The molecule has 6 nitrogen and oxygen atoms in total. The average molecular weight is 325 g/mol. The first kappa shape index (κ1) is 15.4. The first-order valence-electron chi connectivity index (χ1n) is 8.51. The highest BCUT2D eigenvalue weighted by Crippen LogP contribution is 2.19. The van der Waals surface area contributed by atoms with Gasteiger partial charge in [-0.3, -0.25) is 14.6 Å². The van der Waals surface area contributed by atoms with E-state index in [9.17, 15) is 4.79 Å². The van der Waals surface area contributed by atoms with E-state index in [0.29, 0.717) is 0 Å². The molecule has 2 aromatic heterocycles. The fraction of sp³-hybridized carbons (Fsp3) is 0.444. The highest BCUT2D eigenvalue weighted by atomic mass is 16.2. The molecule has 126 valence electrons. The Balaban J connectivity index is 1.49. The van der Waals surface area contributed by atoms with Crippen LogP contribution >= 0.6 is 0 Å². The summed E-state index contributed by atoms with van der Waals surface area (Å²) in [5.41, 5.74) is 1.21. The molecule has 0 radical (unpaired) electrons. The number of fused-ring (bicyclic) bond motifs is 1. The van der Waals surface area contributed by atoms with E-state index < -0.39 is 0 Å². The van der Waals surface area contributed by atoms with Gasteiger partial charge in [0.2, 0.25) is 5.91 Å². The predicted molar refractivity (Wildman–Crippen MR) is 91.8 cm³/mol. The summed E-state index contributed by atoms with van der Waals surface area (Å²) < 4.78 is 2.13. The van der Waals surface area contributed by atoms with E-state index in [1.165, 1.54) is 5.69 Å². The molecular weight excluding hydrogens is 302 g/mol. The van der Waals surface area contributed by atoms with Crippen LogP contribution in [0.5, 0.6) is 0 Å². The van der Waals surface area contributed by atoms with Crippen molar-refractivity contribution in [2.75, 3.05) is 39.8 Å². The Morgan fingerprint density at radius 3 is 2.83 bits per heavy atom. The van der Waals surface area contributed by atoms with E-state index in [0.717, 1.165) is 45.1 Å². The van der Waals surface area contributed by atoms with Gasteiger partial charge in [-0.2, -0.15) is 0 Å². The first-order chi connectivity index (χ1) is 11.7. The van der Waals surface area contributed by atoms with Crippen molar-refractivity contribution in [3.8, 4) is 5.82 Å². The topological polar surface area (TPSA) is 44.6 Å². The maximum Gasteiger partial charge on any atom is 0.241 e. The van der Waals surface area contributed by atoms with Gasteiger partial charge >= 0.3 is 0 Å². The number of carbonyl (C=O) groups is 1. The quantitative estimate of drug-likeness (QED) is 0.839. The molecule has 2 aromatic rings. The number of aromatic nitrogens is 2. The van der Waals surface area contributed by atoms with Crippen LogP contribution in [-0.2, 0) is 11.3 Å². The van der Waals surface area contributed by atoms with Gasteiger partial charge in [0.15, 0.2) is 0 Å². The molecule has 2 fully saturated rings. The summed E-state index contributed by atoms with van der Waals surface area (Å²) in [6.07, 6.45) is 3.86. The van der Waals surface area contributed by atoms with Gasteiger partial charge in [-0.1, -0.05) is 6.07 Å². The molecule has 0 spiro atoms. The SMILES string of the molecule is CN1CCN2CCN(Cc3cccn3-c3ccccn3)CC2C1=O. The molecule has 4 heterocycles. The minimum Gasteiger partial charge on any atom is -0.343 e. The zero-order valence-electron chi connectivity index (χ0n) is 14.0. The second-order valence-corrected chi connectivity index (χ2v) is 6.60. The van der Waals surface area contributed by atoms with E-state index >= 15 is 0 Å². The second kappa shape index (κ2) is 6.37. The lowest BCUT2D eigenvalue weighted by Gasteiger charge is -2.45. The van der Waals surface area contributed by atoms with Gasteiger partial charge in [-0.05, 0) is 24.3 Å². The van der Waals surface area contributed by atoms with Crippen LogP contribution in [0.1, 0.15) is 5.69 Å². The van der Waals surface area contributed by atoms with Crippen LogP contribution < -0.4 is 0 Å². The maximum atomic E-state index is 12.4. The lowest BCUT2D eigenvalue weighted by Crippen LogP contribution is -2.63. The van der Waals surface area contributed by atoms with Crippen LogP contribution in [0.2, 0.25) is 0 Å². The molecule has 0 N–H and O–H groups in total. The molecule has 0 bridgehead atoms. The first-order valence-corrected chi connectivity index (χ1v) is 8.51. The van der Waals surface area contributed by atoms with Crippen LogP contribution in [0.3, 0.4) is 0 Å². The fourth-order valence-corrected chi connectivity index (χ4v) is 3.66. The van der Waals surface area contributed by atoms with Gasteiger partial charge < -0.3 is 9.47 Å². The Morgan fingerprint density at radius 2 is 2.00 bits per heavy atom. The summed E-state index contributed by atoms with van der Waals surface area (Å²) in [5.74, 6) is 1.19. The number of carbonyl (C=O) groups excluding carboxylic acids is 1. The number of hydrogen-bond donors (Lipinski definition) is 0. The Labute approximate surface area is 142 Å². The second-order valence-electron chi connectivity index (χ2n) is 6.60. The van der Waals surface area contributed by atoms with Gasteiger partial charge in [0, 0.05) is 64.4 Å². The number of piperazine rings is 2. The van der Waals surface area contributed by atoms with Crippen molar-refractivity contribution in [2.45, 2.75) is 12.6 Å². The van der Waals surface area contributed by atoms with Crippen LogP contribution in [-0.4, -0.2) is 76.0 Å². The van der Waals surface area contributed by atoms with Crippen molar-refractivity contribution in [2.24, 2.45) is 0 Å². The number of nitrogens with zero attached hydrogens (tertiary/aromatic N) is 5. The van der Waals surface area contributed by atoms with Crippen molar-refractivity contribution in [3.63, 3.8) is 0 Å². The van der Waals surface area contributed by atoms with E-state index in [2.05, 4.69) is 31.5 Å². The van der Waals surface area contributed by atoms with Crippen LogP contribution in [0.4, 0.5) is 0 Å². The fourth-order valence-electron chi connectivity index (χ4n) is 3.66. The smallest absolute Gasteiger partial charge is 0.241 e. The molecule has 6 heteroatoms. The monoisotopic (exact) mass is 325 g/mol. The minimum absolute atomic E-state index is 0.00997. The van der Waals surface area contributed by atoms with Gasteiger partial charge in [-0.25, -0.2) is 4.98 Å². The van der Waals surface area contributed by atoms with Crippen molar-refractivity contribution in [1.29, 1.82) is 0 Å². The van der Waals surface area contributed by atoms with E-state index in [-0.39, 0.29) is 11.9 Å². The van der Waals surface area contributed by atoms with Crippen LogP contribution in [0.25, 0.3) is 5.82 Å². The number of pyridine rings is 1. The summed E-state index contributed by atoms with van der Waals surface area (Å²) >= 11 is 0. The summed E-state index contributed by atoms with van der Waals surface area (Å²) in [6, 6.07) is 10.1. The number of amides is 1. The number of hydrogen-bond acceptors (Lipinski definition) is 4. The van der Waals surface area contributed by atoms with Crippen molar-refractivity contribution in [1.82, 2.24) is 24.3 Å². The van der Waals surface area contributed by atoms with Gasteiger partial charge in [0.1, 0.15) is 11.9 Å². The normalized spacial score (nSPS) is 22.6. The van der Waals surface area contributed by atoms with E-state index in [1.54, 1.807) is 0 Å². The zero-order chi connectivity index (χ0) is 16.5. The standard InChI is InChI=1S/C18H23N5O/c1-20-9-11-22-12-10-21(14-16(22)18(20)24)13-15-5-4-8-23(15)17-6-2-3-7-19-17/h2-8,16H,9-14H2,1H3. The van der Waals surface area contributed by atoms with E-state index in [4.69, 9.17) is 0 Å². The molecule has 0 aromatic carbocycles. The third kappa shape index (κ3) is 2.83. The molecule has 0 aliphatic carbocycles. The van der Waals surface area contributed by atoms with Gasteiger partial charge in [-0.15, -0.1) is 0 Å². The molecule has 2 saturated heterocycles. The Hall–Kier alpha value is -2.18. The molecule has 1 atom stereocenters. The zero-order valence-corrected chi connectivity index (χ0v) is 14.0. The predicted octanol–water partition coefficient (Wildman–Crippen LogP) is 0.830.